The standard InChI is InChI=1S/C9H8FNO2S.C2H6/c1-14-8(11)5-2-3-6(9(12)13)7(10)4-5;1-2/h2-4,11H,1H3,(H,12,13);1-2H3. The zero-order valence-corrected chi connectivity index (χ0v) is 10.2. The number of halogens is 1. The van der Waals surface area contributed by atoms with Crippen LogP contribution in [0.4, 0.5) is 4.39 Å². The molecule has 0 aliphatic rings. The monoisotopic (exact) mass is 243 g/mol. The van der Waals surface area contributed by atoms with E-state index in [1.807, 2.05) is 13.8 Å². The summed E-state index contributed by atoms with van der Waals surface area (Å²) in [5.41, 5.74) is 0.0163. The number of hydrogen-bond donors (Lipinski definition) is 2. The lowest BCUT2D eigenvalue weighted by Crippen LogP contribution is -2.02. The number of carboxylic acid groups (broad SMARTS) is 1. The highest BCUT2D eigenvalue weighted by Gasteiger charge is 2.11. The second-order valence-electron chi connectivity index (χ2n) is 2.53. The fraction of sp³-hybridized carbons (Fsp3) is 0.273. The summed E-state index contributed by atoms with van der Waals surface area (Å²) in [7, 11) is 0. The van der Waals surface area contributed by atoms with Crippen molar-refractivity contribution in [3.05, 3.63) is 35.1 Å². The van der Waals surface area contributed by atoms with E-state index in [1.165, 1.54) is 17.8 Å². The largest absolute Gasteiger partial charge is 0.478 e. The SMILES string of the molecule is CC.CSC(=N)c1ccc(C(=O)O)c(F)c1. The van der Waals surface area contributed by atoms with Gasteiger partial charge in [-0.1, -0.05) is 19.9 Å². The Labute approximate surface area is 98.2 Å². The highest BCUT2D eigenvalue weighted by molar-refractivity contribution is 8.13. The average Bonchev–Trinajstić information content (AvgIpc) is 2.30. The molecule has 88 valence electrons. The molecular weight excluding hydrogens is 229 g/mol. The fourth-order valence-corrected chi connectivity index (χ4v) is 1.31. The maximum absolute atomic E-state index is 13.1. The third kappa shape index (κ3) is 3.66. The molecule has 5 heteroatoms. The molecule has 0 saturated heterocycles. The molecule has 0 aromatic heterocycles. The molecule has 0 spiro atoms. The van der Waals surface area contributed by atoms with E-state index < -0.39 is 11.8 Å². The number of carboxylic acids is 1. The van der Waals surface area contributed by atoms with E-state index in [1.54, 1.807) is 6.26 Å². The maximum Gasteiger partial charge on any atom is 0.338 e. The number of thioether (sulfide) groups is 1. The van der Waals surface area contributed by atoms with Crippen molar-refractivity contribution in [3.8, 4) is 0 Å². The Morgan fingerprint density at radius 2 is 2.00 bits per heavy atom. The van der Waals surface area contributed by atoms with Gasteiger partial charge in [-0.3, -0.25) is 5.41 Å². The summed E-state index contributed by atoms with van der Waals surface area (Å²) in [6.07, 6.45) is 1.70. The topological polar surface area (TPSA) is 61.2 Å². The first kappa shape index (κ1) is 14.6. The lowest BCUT2D eigenvalue weighted by atomic mass is 10.1. The number of benzene rings is 1. The zero-order chi connectivity index (χ0) is 12.7. The molecule has 0 atom stereocenters. The first-order valence-electron chi connectivity index (χ1n) is 4.72. The van der Waals surface area contributed by atoms with Gasteiger partial charge in [0.15, 0.2) is 0 Å². The van der Waals surface area contributed by atoms with E-state index in [4.69, 9.17) is 10.5 Å². The second-order valence-corrected chi connectivity index (χ2v) is 3.35. The Kier molecular flexibility index (Phi) is 6.41. The van der Waals surface area contributed by atoms with E-state index in [-0.39, 0.29) is 10.6 Å². The van der Waals surface area contributed by atoms with E-state index >= 15 is 0 Å². The molecule has 0 bridgehead atoms. The lowest BCUT2D eigenvalue weighted by Gasteiger charge is -2.02. The van der Waals surface area contributed by atoms with Crippen molar-refractivity contribution in [1.82, 2.24) is 0 Å². The lowest BCUT2D eigenvalue weighted by molar-refractivity contribution is 0.0692. The quantitative estimate of drug-likeness (QED) is 0.619. The van der Waals surface area contributed by atoms with Crippen molar-refractivity contribution in [2.75, 3.05) is 6.26 Å². The Hall–Kier alpha value is -1.36. The van der Waals surface area contributed by atoms with Crippen molar-refractivity contribution < 1.29 is 14.3 Å². The van der Waals surface area contributed by atoms with Crippen molar-refractivity contribution in [2.45, 2.75) is 13.8 Å². The summed E-state index contributed by atoms with van der Waals surface area (Å²) in [6, 6.07) is 3.64. The molecule has 0 fully saturated rings. The van der Waals surface area contributed by atoms with Crippen molar-refractivity contribution in [3.63, 3.8) is 0 Å². The third-order valence-electron chi connectivity index (χ3n) is 1.67. The van der Waals surface area contributed by atoms with Crippen LogP contribution >= 0.6 is 11.8 Å². The highest BCUT2D eigenvalue weighted by Crippen LogP contribution is 2.14. The van der Waals surface area contributed by atoms with Gasteiger partial charge in [-0.25, -0.2) is 9.18 Å². The minimum Gasteiger partial charge on any atom is -0.478 e. The van der Waals surface area contributed by atoms with Crippen LogP contribution in [0.2, 0.25) is 0 Å². The maximum atomic E-state index is 13.1. The van der Waals surface area contributed by atoms with Crippen LogP contribution < -0.4 is 0 Å². The molecule has 1 aromatic carbocycles. The minimum atomic E-state index is -1.30. The summed E-state index contributed by atoms with van der Waals surface area (Å²) in [4.78, 5) is 10.5. The predicted octanol–water partition coefficient (Wildman–Crippen LogP) is 3.24. The normalized spacial score (nSPS) is 9.00. The van der Waals surface area contributed by atoms with Gasteiger partial charge in [0.25, 0.3) is 0 Å². The van der Waals surface area contributed by atoms with Crippen molar-refractivity contribution >= 4 is 22.8 Å². The van der Waals surface area contributed by atoms with Gasteiger partial charge in [0.2, 0.25) is 0 Å². The molecule has 1 aromatic rings. The number of nitrogens with one attached hydrogen (secondary N) is 1. The van der Waals surface area contributed by atoms with Gasteiger partial charge in [0.1, 0.15) is 5.82 Å². The summed E-state index contributed by atoms with van der Waals surface area (Å²) in [6.45, 7) is 4.00. The smallest absolute Gasteiger partial charge is 0.338 e. The Balaban J connectivity index is 0.00000106. The molecule has 0 aliphatic carbocycles. The van der Waals surface area contributed by atoms with Crippen LogP contribution in [0.25, 0.3) is 0 Å². The second kappa shape index (κ2) is 7.00. The Morgan fingerprint density at radius 3 is 2.38 bits per heavy atom. The Morgan fingerprint density at radius 1 is 1.44 bits per heavy atom. The molecule has 16 heavy (non-hydrogen) atoms. The summed E-state index contributed by atoms with van der Waals surface area (Å²) in [5, 5.41) is 16.2. The van der Waals surface area contributed by atoms with E-state index in [0.29, 0.717) is 5.56 Å². The van der Waals surface area contributed by atoms with Crippen LogP contribution in [0.3, 0.4) is 0 Å². The van der Waals surface area contributed by atoms with E-state index in [9.17, 15) is 9.18 Å². The van der Waals surface area contributed by atoms with Gasteiger partial charge in [0, 0.05) is 5.56 Å². The molecule has 0 saturated carbocycles. The molecular formula is C11H14FNO2S. The van der Waals surface area contributed by atoms with E-state index in [0.717, 1.165) is 12.1 Å². The third-order valence-corrected chi connectivity index (χ3v) is 2.31. The first-order chi connectivity index (χ1) is 7.56. The molecule has 0 heterocycles. The zero-order valence-electron chi connectivity index (χ0n) is 9.37. The number of aromatic carboxylic acids is 1. The number of hydrogen-bond acceptors (Lipinski definition) is 3. The number of carbonyl (C=O) groups is 1. The van der Waals surface area contributed by atoms with Crippen LogP contribution in [0.1, 0.15) is 29.8 Å². The molecule has 0 radical (unpaired) electrons. The van der Waals surface area contributed by atoms with Gasteiger partial charge >= 0.3 is 5.97 Å². The van der Waals surface area contributed by atoms with Gasteiger partial charge in [-0.2, -0.15) is 0 Å². The summed E-state index contributed by atoms with van der Waals surface area (Å²) < 4.78 is 13.1. The number of rotatable bonds is 2. The molecule has 1 rings (SSSR count). The van der Waals surface area contributed by atoms with Crippen LogP contribution in [0, 0.1) is 11.2 Å². The van der Waals surface area contributed by atoms with Gasteiger partial charge in [-0.05, 0) is 18.4 Å². The van der Waals surface area contributed by atoms with Crippen LogP contribution in [0.5, 0.6) is 0 Å². The van der Waals surface area contributed by atoms with Crippen molar-refractivity contribution in [1.29, 1.82) is 5.41 Å². The van der Waals surface area contributed by atoms with Gasteiger partial charge in [-0.15, -0.1) is 11.8 Å². The summed E-state index contributed by atoms with van der Waals surface area (Å²) >= 11 is 1.17. The summed E-state index contributed by atoms with van der Waals surface area (Å²) in [5.74, 6) is -2.11. The van der Waals surface area contributed by atoms with E-state index in [2.05, 4.69) is 0 Å². The Bertz CT molecular complexity index is 394. The molecule has 3 nitrogen and oxygen atoms in total. The highest BCUT2D eigenvalue weighted by atomic mass is 32.2. The predicted molar refractivity (Wildman–Crippen MR) is 65.1 cm³/mol. The molecule has 2 N–H and O–H groups in total. The molecule has 0 amide bonds. The van der Waals surface area contributed by atoms with Crippen LogP contribution in [-0.4, -0.2) is 22.4 Å². The average molecular weight is 243 g/mol. The van der Waals surface area contributed by atoms with Crippen LogP contribution in [0.15, 0.2) is 18.2 Å². The molecule has 0 aliphatic heterocycles. The molecule has 0 unspecified atom stereocenters. The minimum absolute atomic E-state index is 0.209. The first-order valence-corrected chi connectivity index (χ1v) is 5.94. The van der Waals surface area contributed by atoms with Crippen molar-refractivity contribution in [2.24, 2.45) is 0 Å². The van der Waals surface area contributed by atoms with Gasteiger partial charge in [0.05, 0.1) is 10.6 Å². The van der Waals surface area contributed by atoms with Gasteiger partial charge < -0.3 is 5.11 Å². The fourth-order valence-electron chi connectivity index (χ4n) is 0.948. The van der Waals surface area contributed by atoms with Crippen LogP contribution in [-0.2, 0) is 0 Å².